The number of hydrogen-bond acceptors (Lipinski definition) is 3. The summed E-state index contributed by atoms with van der Waals surface area (Å²) in [7, 11) is 1.36. The zero-order chi connectivity index (χ0) is 16.7. The predicted molar refractivity (Wildman–Crippen MR) is 92.5 cm³/mol. The fourth-order valence-electron chi connectivity index (χ4n) is 1.91. The van der Waals surface area contributed by atoms with Gasteiger partial charge in [0.1, 0.15) is 5.88 Å². The van der Waals surface area contributed by atoms with Crippen LogP contribution in [0.25, 0.3) is 12.2 Å². The van der Waals surface area contributed by atoms with Crippen LogP contribution in [0.4, 0.5) is 5.69 Å². The zero-order valence-electron chi connectivity index (χ0n) is 12.6. The van der Waals surface area contributed by atoms with Crippen LogP contribution in [0.3, 0.4) is 0 Å². The number of methoxy groups -OCH3 is 1. The van der Waals surface area contributed by atoms with E-state index in [1.54, 1.807) is 12.1 Å². The molecule has 1 N–H and O–H groups in total. The topological polar surface area (TPSA) is 55.4 Å². The van der Waals surface area contributed by atoms with Gasteiger partial charge in [0, 0.05) is 5.69 Å². The number of esters is 1. The van der Waals surface area contributed by atoms with E-state index in [1.165, 1.54) is 7.11 Å². The van der Waals surface area contributed by atoms with Crippen molar-refractivity contribution in [3.63, 3.8) is 0 Å². The third-order valence-electron chi connectivity index (χ3n) is 3.12. The quantitative estimate of drug-likeness (QED) is 0.515. The Hall–Kier alpha value is -2.59. The number of ether oxygens (including phenoxy) is 1. The van der Waals surface area contributed by atoms with Gasteiger partial charge in [-0.3, -0.25) is 4.79 Å². The molecule has 4 nitrogen and oxygen atoms in total. The molecule has 0 aliphatic heterocycles. The van der Waals surface area contributed by atoms with Crippen LogP contribution >= 0.6 is 11.6 Å². The first kappa shape index (κ1) is 16.8. The summed E-state index contributed by atoms with van der Waals surface area (Å²) in [4.78, 5) is 22.5. The van der Waals surface area contributed by atoms with Crippen LogP contribution in [0.15, 0.2) is 48.5 Å². The Morgan fingerprint density at radius 3 is 2.00 bits per heavy atom. The lowest BCUT2D eigenvalue weighted by Gasteiger charge is -2.03. The van der Waals surface area contributed by atoms with Crippen LogP contribution in [0.1, 0.15) is 21.5 Å². The summed E-state index contributed by atoms with van der Waals surface area (Å²) in [6, 6.07) is 14.5. The number of amides is 1. The standard InChI is InChI=1S/C18H16ClNO3/c1-23-18(22)15-8-4-13(5-9-15)2-3-14-6-10-16(11-7-14)20-17(21)12-19/h2-11H,12H2,1H3,(H,20,21)/b3-2+. The first-order chi connectivity index (χ1) is 11.1. The van der Waals surface area contributed by atoms with E-state index in [9.17, 15) is 9.59 Å². The monoisotopic (exact) mass is 329 g/mol. The van der Waals surface area contributed by atoms with Gasteiger partial charge in [0.05, 0.1) is 12.7 Å². The second-order valence-electron chi connectivity index (χ2n) is 4.75. The maximum absolute atomic E-state index is 11.4. The number of benzene rings is 2. The van der Waals surface area contributed by atoms with Gasteiger partial charge in [0.25, 0.3) is 0 Å². The molecule has 0 aliphatic carbocycles. The first-order valence-corrected chi connectivity index (χ1v) is 7.48. The number of nitrogens with one attached hydrogen (secondary N) is 1. The number of carbonyl (C=O) groups is 2. The minimum Gasteiger partial charge on any atom is -0.465 e. The van der Waals surface area contributed by atoms with Crippen molar-refractivity contribution in [2.45, 2.75) is 0 Å². The van der Waals surface area contributed by atoms with Crippen molar-refractivity contribution in [3.05, 3.63) is 65.2 Å². The summed E-state index contributed by atoms with van der Waals surface area (Å²) in [6.45, 7) is 0. The number of carbonyl (C=O) groups excluding carboxylic acids is 2. The van der Waals surface area contributed by atoms with Crippen molar-refractivity contribution in [1.29, 1.82) is 0 Å². The third-order valence-corrected chi connectivity index (χ3v) is 3.36. The van der Waals surface area contributed by atoms with E-state index in [2.05, 4.69) is 10.1 Å². The highest BCUT2D eigenvalue weighted by Gasteiger charge is 2.03. The van der Waals surface area contributed by atoms with Gasteiger partial charge < -0.3 is 10.1 Å². The average molecular weight is 330 g/mol. The molecule has 0 radical (unpaired) electrons. The second-order valence-corrected chi connectivity index (χ2v) is 5.02. The Morgan fingerprint density at radius 1 is 1.00 bits per heavy atom. The largest absolute Gasteiger partial charge is 0.465 e. The van der Waals surface area contributed by atoms with Crippen LogP contribution in [0.2, 0.25) is 0 Å². The summed E-state index contributed by atoms with van der Waals surface area (Å²) in [5.74, 6) is -0.654. The van der Waals surface area contributed by atoms with Gasteiger partial charge >= 0.3 is 5.97 Å². The highest BCUT2D eigenvalue weighted by molar-refractivity contribution is 6.29. The summed E-state index contributed by atoms with van der Waals surface area (Å²) in [5, 5.41) is 2.68. The Kier molecular flexibility index (Phi) is 5.94. The Morgan fingerprint density at radius 2 is 1.52 bits per heavy atom. The van der Waals surface area contributed by atoms with E-state index in [0.29, 0.717) is 11.3 Å². The predicted octanol–water partition coefficient (Wildman–Crippen LogP) is 3.82. The smallest absolute Gasteiger partial charge is 0.337 e. The molecule has 5 heteroatoms. The SMILES string of the molecule is COC(=O)c1ccc(/C=C/c2ccc(NC(=O)CCl)cc2)cc1. The molecule has 0 aliphatic rings. The van der Waals surface area contributed by atoms with Crippen molar-refractivity contribution in [1.82, 2.24) is 0 Å². The highest BCUT2D eigenvalue weighted by atomic mass is 35.5. The molecule has 0 saturated carbocycles. The average Bonchev–Trinajstić information content (AvgIpc) is 2.60. The maximum atomic E-state index is 11.4. The van der Waals surface area contributed by atoms with Crippen LogP contribution in [0.5, 0.6) is 0 Å². The molecule has 2 rings (SSSR count). The molecule has 0 unspecified atom stereocenters. The summed E-state index contributed by atoms with van der Waals surface area (Å²) < 4.78 is 4.66. The van der Waals surface area contributed by atoms with Gasteiger partial charge in [-0.15, -0.1) is 11.6 Å². The van der Waals surface area contributed by atoms with Crippen molar-refractivity contribution in [2.24, 2.45) is 0 Å². The normalized spacial score (nSPS) is 10.5. The van der Waals surface area contributed by atoms with E-state index < -0.39 is 0 Å². The second kappa shape index (κ2) is 8.15. The van der Waals surface area contributed by atoms with Gasteiger partial charge in [-0.25, -0.2) is 4.79 Å². The van der Waals surface area contributed by atoms with E-state index in [0.717, 1.165) is 11.1 Å². The molecule has 0 aromatic heterocycles. The molecular weight excluding hydrogens is 314 g/mol. The van der Waals surface area contributed by atoms with E-state index in [4.69, 9.17) is 11.6 Å². The lowest BCUT2D eigenvalue weighted by Crippen LogP contribution is -2.12. The maximum Gasteiger partial charge on any atom is 0.337 e. The molecule has 0 bridgehead atoms. The molecular formula is C18H16ClNO3. The highest BCUT2D eigenvalue weighted by Crippen LogP contribution is 2.13. The minimum absolute atomic E-state index is 0.0662. The molecule has 2 aromatic rings. The Labute approximate surface area is 139 Å². The van der Waals surface area contributed by atoms with Crippen LogP contribution in [0, 0.1) is 0 Å². The van der Waals surface area contributed by atoms with Crippen molar-refractivity contribution >= 4 is 41.3 Å². The zero-order valence-corrected chi connectivity index (χ0v) is 13.3. The number of halogens is 1. The molecule has 23 heavy (non-hydrogen) atoms. The number of rotatable bonds is 5. The number of alkyl halides is 1. The molecule has 0 spiro atoms. The van der Waals surface area contributed by atoms with Crippen molar-refractivity contribution in [2.75, 3.05) is 18.3 Å². The van der Waals surface area contributed by atoms with Crippen molar-refractivity contribution in [3.8, 4) is 0 Å². The third kappa shape index (κ3) is 4.97. The number of hydrogen-bond donors (Lipinski definition) is 1. The van der Waals surface area contributed by atoms with Gasteiger partial charge in [0.15, 0.2) is 0 Å². The molecule has 0 atom stereocenters. The lowest BCUT2D eigenvalue weighted by molar-refractivity contribution is -0.113. The molecule has 118 valence electrons. The molecule has 0 heterocycles. The van der Waals surface area contributed by atoms with Crippen LogP contribution in [-0.2, 0) is 9.53 Å². The summed E-state index contributed by atoms with van der Waals surface area (Å²) >= 11 is 5.44. The Bertz CT molecular complexity index is 706. The van der Waals surface area contributed by atoms with Gasteiger partial charge in [-0.1, -0.05) is 36.4 Å². The van der Waals surface area contributed by atoms with Crippen LogP contribution < -0.4 is 5.32 Å². The molecule has 1 amide bonds. The summed E-state index contributed by atoms with van der Waals surface area (Å²) in [6.07, 6.45) is 3.88. The molecule has 2 aromatic carbocycles. The van der Waals surface area contributed by atoms with E-state index in [1.807, 2.05) is 48.6 Å². The summed E-state index contributed by atoms with van der Waals surface area (Å²) in [5.41, 5.74) is 3.18. The fourth-order valence-corrected chi connectivity index (χ4v) is 1.98. The fraction of sp³-hybridized carbons (Fsp3) is 0.111. The molecule has 0 fully saturated rings. The van der Waals surface area contributed by atoms with E-state index >= 15 is 0 Å². The first-order valence-electron chi connectivity index (χ1n) is 6.94. The van der Waals surface area contributed by atoms with Gasteiger partial charge in [-0.2, -0.15) is 0 Å². The van der Waals surface area contributed by atoms with Crippen molar-refractivity contribution < 1.29 is 14.3 Å². The van der Waals surface area contributed by atoms with Gasteiger partial charge in [-0.05, 0) is 35.4 Å². The Balaban J connectivity index is 2.02. The van der Waals surface area contributed by atoms with Gasteiger partial charge in [0.2, 0.25) is 5.91 Å². The molecule has 0 saturated heterocycles. The minimum atomic E-state index is -0.352. The number of anilines is 1. The lowest BCUT2D eigenvalue weighted by atomic mass is 10.1. The van der Waals surface area contributed by atoms with Crippen LogP contribution in [-0.4, -0.2) is 24.9 Å². The van der Waals surface area contributed by atoms with E-state index in [-0.39, 0.29) is 17.8 Å².